The van der Waals surface area contributed by atoms with Crippen molar-refractivity contribution in [2.75, 3.05) is 0 Å². The summed E-state index contributed by atoms with van der Waals surface area (Å²) in [6.07, 6.45) is 5.40. The van der Waals surface area contributed by atoms with E-state index in [1.807, 2.05) is 16.7 Å². The van der Waals surface area contributed by atoms with Gasteiger partial charge in [0.25, 0.3) is 0 Å². The molecule has 62 valence electrons. The molecule has 2 heterocycles. The minimum Gasteiger partial charge on any atom is -0.287 e. The van der Waals surface area contributed by atoms with E-state index in [2.05, 4.69) is 23.8 Å². The Labute approximate surface area is 71.1 Å². The molecular formula is C9H11N3. The lowest BCUT2D eigenvalue weighted by molar-refractivity contribution is 0.793. The molecule has 2 aromatic heterocycles. The lowest BCUT2D eigenvalue weighted by atomic mass is 10.1. The van der Waals surface area contributed by atoms with Crippen molar-refractivity contribution in [1.29, 1.82) is 0 Å². The Morgan fingerprint density at radius 3 is 3.00 bits per heavy atom. The van der Waals surface area contributed by atoms with Crippen molar-refractivity contribution in [3.63, 3.8) is 0 Å². The zero-order valence-corrected chi connectivity index (χ0v) is 7.23. The van der Waals surface area contributed by atoms with Gasteiger partial charge in [-0.1, -0.05) is 13.8 Å². The Balaban J connectivity index is 2.73. The van der Waals surface area contributed by atoms with E-state index in [1.54, 1.807) is 12.5 Å². The molecule has 3 nitrogen and oxygen atoms in total. The average Bonchev–Trinajstić information content (AvgIpc) is 2.49. The Hall–Kier alpha value is -1.38. The molecule has 0 bridgehead atoms. The van der Waals surface area contributed by atoms with Gasteiger partial charge in [-0.2, -0.15) is 0 Å². The third-order valence-electron chi connectivity index (χ3n) is 1.94. The summed E-state index contributed by atoms with van der Waals surface area (Å²) in [5.74, 6) is 0.504. The highest BCUT2D eigenvalue weighted by atomic mass is 15.0. The molecule has 0 unspecified atom stereocenters. The second-order valence-corrected chi connectivity index (χ2v) is 3.15. The van der Waals surface area contributed by atoms with Gasteiger partial charge in [0.05, 0.1) is 6.20 Å². The van der Waals surface area contributed by atoms with Crippen molar-refractivity contribution in [3.8, 4) is 0 Å². The SMILES string of the molecule is CC(C)c1ccnc2cncn12. The number of hydrogen-bond acceptors (Lipinski definition) is 2. The predicted molar refractivity (Wildman–Crippen MR) is 47.1 cm³/mol. The maximum Gasteiger partial charge on any atom is 0.156 e. The Kier molecular flexibility index (Phi) is 1.57. The van der Waals surface area contributed by atoms with Gasteiger partial charge in [0.15, 0.2) is 5.65 Å². The summed E-state index contributed by atoms with van der Waals surface area (Å²) >= 11 is 0. The summed E-state index contributed by atoms with van der Waals surface area (Å²) in [5.41, 5.74) is 2.17. The van der Waals surface area contributed by atoms with E-state index in [0.717, 1.165) is 5.65 Å². The van der Waals surface area contributed by atoms with Gasteiger partial charge in [-0.05, 0) is 12.0 Å². The van der Waals surface area contributed by atoms with Crippen LogP contribution in [-0.2, 0) is 0 Å². The number of imidazole rings is 1. The fourth-order valence-electron chi connectivity index (χ4n) is 1.32. The molecule has 0 aromatic carbocycles. The van der Waals surface area contributed by atoms with Crippen LogP contribution in [0.15, 0.2) is 24.8 Å². The first-order valence-corrected chi connectivity index (χ1v) is 4.06. The number of hydrogen-bond donors (Lipinski definition) is 0. The van der Waals surface area contributed by atoms with Gasteiger partial charge in [-0.15, -0.1) is 0 Å². The smallest absolute Gasteiger partial charge is 0.156 e. The van der Waals surface area contributed by atoms with Crippen LogP contribution >= 0.6 is 0 Å². The summed E-state index contributed by atoms with van der Waals surface area (Å²) in [5, 5.41) is 0. The molecule has 0 aliphatic rings. The van der Waals surface area contributed by atoms with Crippen LogP contribution in [-0.4, -0.2) is 14.4 Å². The summed E-state index contributed by atoms with van der Waals surface area (Å²) in [4.78, 5) is 8.23. The Morgan fingerprint density at radius 1 is 1.42 bits per heavy atom. The maximum absolute atomic E-state index is 4.18. The van der Waals surface area contributed by atoms with Gasteiger partial charge in [-0.25, -0.2) is 9.97 Å². The average molecular weight is 161 g/mol. The van der Waals surface area contributed by atoms with E-state index in [-0.39, 0.29) is 0 Å². The van der Waals surface area contributed by atoms with Gasteiger partial charge in [-0.3, -0.25) is 4.40 Å². The van der Waals surface area contributed by atoms with Crippen molar-refractivity contribution in [2.24, 2.45) is 0 Å². The second kappa shape index (κ2) is 2.59. The highest BCUT2D eigenvalue weighted by Gasteiger charge is 2.03. The van der Waals surface area contributed by atoms with Crippen LogP contribution in [0, 0.1) is 0 Å². The molecule has 0 atom stereocenters. The van der Waals surface area contributed by atoms with Crippen molar-refractivity contribution in [3.05, 3.63) is 30.5 Å². The summed E-state index contributed by atoms with van der Waals surface area (Å²) < 4.78 is 2.02. The molecule has 2 rings (SSSR count). The molecule has 0 fully saturated rings. The van der Waals surface area contributed by atoms with E-state index in [0.29, 0.717) is 5.92 Å². The minimum atomic E-state index is 0.504. The second-order valence-electron chi connectivity index (χ2n) is 3.15. The molecule has 12 heavy (non-hydrogen) atoms. The first kappa shape index (κ1) is 7.28. The number of fused-ring (bicyclic) bond motifs is 1. The molecule has 0 saturated heterocycles. The Morgan fingerprint density at radius 2 is 2.25 bits per heavy atom. The Bertz CT molecular complexity index is 389. The molecule has 0 N–H and O–H groups in total. The van der Waals surface area contributed by atoms with Crippen LogP contribution in [0.4, 0.5) is 0 Å². The van der Waals surface area contributed by atoms with E-state index in [9.17, 15) is 0 Å². The van der Waals surface area contributed by atoms with Crippen molar-refractivity contribution in [1.82, 2.24) is 14.4 Å². The van der Waals surface area contributed by atoms with E-state index >= 15 is 0 Å². The first-order chi connectivity index (χ1) is 5.79. The van der Waals surface area contributed by atoms with E-state index in [4.69, 9.17) is 0 Å². The van der Waals surface area contributed by atoms with Gasteiger partial charge in [0, 0.05) is 11.9 Å². The lowest BCUT2D eigenvalue weighted by Gasteiger charge is -2.06. The molecule has 0 aliphatic carbocycles. The largest absolute Gasteiger partial charge is 0.287 e. The monoisotopic (exact) mass is 161 g/mol. The molecule has 2 aromatic rings. The summed E-state index contributed by atoms with van der Waals surface area (Å²) in [6, 6.07) is 2.03. The number of nitrogens with zero attached hydrogens (tertiary/aromatic N) is 3. The highest BCUT2D eigenvalue weighted by molar-refractivity contribution is 5.36. The van der Waals surface area contributed by atoms with Crippen LogP contribution in [0.2, 0.25) is 0 Å². The molecular weight excluding hydrogens is 150 g/mol. The van der Waals surface area contributed by atoms with Crippen LogP contribution in [0.5, 0.6) is 0 Å². The molecule has 0 radical (unpaired) electrons. The topological polar surface area (TPSA) is 30.2 Å². The molecule has 3 heteroatoms. The minimum absolute atomic E-state index is 0.504. The standard InChI is InChI=1S/C9H11N3/c1-7(2)8-3-4-11-9-5-10-6-12(8)9/h3-7H,1-2H3. The third kappa shape index (κ3) is 0.978. The first-order valence-electron chi connectivity index (χ1n) is 4.06. The van der Waals surface area contributed by atoms with Crippen LogP contribution in [0.3, 0.4) is 0 Å². The number of aromatic nitrogens is 3. The molecule has 0 spiro atoms. The normalized spacial score (nSPS) is 11.2. The number of rotatable bonds is 1. The zero-order valence-electron chi connectivity index (χ0n) is 7.23. The lowest BCUT2D eigenvalue weighted by Crippen LogP contribution is -1.98. The van der Waals surface area contributed by atoms with Crippen molar-refractivity contribution >= 4 is 5.65 Å². The third-order valence-corrected chi connectivity index (χ3v) is 1.94. The summed E-state index contributed by atoms with van der Waals surface area (Å²) in [7, 11) is 0. The van der Waals surface area contributed by atoms with Gasteiger partial charge in [0.2, 0.25) is 0 Å². The fraction of sp³-hybridized carbons (Fsp3) is 0.333. The molecule has 0 amide bonds. The highest BCUT2D eigenvalue weighted by Crippen LogP contribution is 2.13. The predicted octanol–water partition coefficient (Wildman–Crippen LogP) is 1.85. The van der Waals surface area contributed by atoms with Gasteiger partial charge >= 0.3 is 0 Å². The maximum atomic E-state index is 4.18. The van der Waals surface area contributed by atoms with E-state index < -0.39 is 0 Å². The quantitative estimate of drug-likeness (QED) is 0.639. The molecule has 0 aliphatic heterocycles. The zero-order chi connectivity index (χ0) is 8.55. The van der Waals surface area contributed by atoms with Gasteiger partial charge in [0.1, 0.15) is 6.33 Å². The summed E-state index contributed by atoms with van der Waals surface area (Å²) in [6.45, 7) is 4.32. The van der Waals surface area contributed by atoms with Crippen LogP contribution in [0.25, 0.3) is 5.65 Å². The fourth-order valence-corrected chi connectivity index (χ4v) is 1.32. The van der Waals surface area contributed by atoms with Crippen molar-refractivity contribution < 1.29 is 0 Å². The van der Waals surface area contributed by atoms with E-state index in [1.165, 1.54) is 5.69 Å². The van der Waals surface area contributed by atoms with Gasteiger partial charge < -0.3 is 0 Å². The van der Waals surface area contributed by atoms with Crippen molar-refractivity contribution in [2.45, 2.75) is 19.8 Å². The van der Waals surface area contributed by atoms with Crippen LogP contribution in [0.1, 0.15) is 25.5 Å². The molecule has 0 saturated carbocycles. The van der Waals surface area contributed by atoms with Crippen LogP contribution < -0.4 is 0 Å².